The van der Waals surface area contributed by atoms with Crippen LogP contribution >= 0.6 is 0 Å². The Kier molecular flexibility index (Phi) is 6.39. The molecule has 0 aliphatic heterocycles. The lowest BCUT2D eigenvalue weighted by molar-refractivity contribution is 0.930. The van der Waals surface area contributed by atoms with Gasteiger partial charge >= 0.3 is 0 Å². The van der Waals surface area contributed by atoms with Gasteiger partial charge in [-0.2, -0.15) is 0 Å². The van der Waals surface area contributed by atoms with E-state index in [1.54, 1.807) is 11.1 Å². The molecule has 0 N–H and O–H groups in total. The first-order valence-electron chi connectivity index (χ1n) is 10.8. The van der Waals surface area contributed by atoms with Gasteiger partial charge in [0.1, 0.15) is 0 Å². The molecule has 0 atom stereocenters. The van der Waals surface area contributed by atoms with Gasteiger partial charge in [-0.25, -0.2) is 0 Å². The maximum atomic E-state index is 3.00. The second-order valence-electron chi connectivity index (χ2n) is 8.06. The molecular formula is C28H34. The quantitative estimate of drug-likeness (QED) is 0.396. The molecule has 0 nitrogen and oxygen atoms in total. The van der Waals surface area contributed by atoms with Crippen LogP contribution in [-0.2, 0) is 12.8 Å². The molecule has 146 valence electrons. The molecule has 3 aromatic rings. The summed E-state index contributed by atoms with van der Waals surface area (Å²) in [7, 11) is 0. The molecule has 0 heteroatoms. The molecule has 0 spiro atoms. The molecule has 28 heavy (non-hydrogen) atoms. The molecule has 0 radical (unpaired) electrons. The Morgan fingerprint density at radius 3 is 2.29 bits per heavy atom. The van der Waals surface area contributed by atoms with Crippen LogP contribution in [0.4, 0.5) is 0 Å². The highest BCUT2D eigenvalue weighted by atomic mass is 14.3. The molecule has 1 saturated carbocycles. The summed E-state index contributed by atoms with van der Waals surface area (Å²) in [5.74, 6) is 0.807. The SMILES string of the molecule is C=C.CCCc1c(-c2cc(C)c(CC)c(C3CC3)c2)ccc2cc(C)ccc12. The van der Waals surface area contributed by atoms with E-state index in [1.807, 2.05) is 0 Å². The fourth-order valence-corrected chi connectivity index (χ4v) is 4.54. The summed E-state index contributed by atoms with van der Waals surface area (Å²) in [5, 5.41) is 2.81. The van der Waals surface area contributed by atoms with E-state index in [4.69, 9.17) is 0 Å². The average Bonchev–Trinajstić information content (AvgIpc) is 3.54. The van der Waals surface area contributed by atoms with Crippen LogP contribution in [0.1, 0.15) is 66.8 Å². The van der Waals surface area contributed by atoms with Gasteiger partial charge in [0, 0.05) is 0 Å². The van der Waals surface area contributed by atoms with Gasteiger partial charge in [-0.05, 0) is 89.6 Å². The van der Waals surface area contributed by atoms with E-state index in [0.29, 0.717) is 0 Å². The molecule has 1 fully saturated rings. The maximum absolute atomic E-state index is 3.00. The highest BCUT2D eigenvalue weighted by Crippen LogP contribution is 2.44. The molecule has 0 unspecified atom stereocenters. The van der Waals surface area contributed by atoms with Gasteiger partial charge < -0.3 is 0 Å². The van der Waals surface area contributed by atoms with E-state index in [9.17, 15) is 0 Å². The zero-order valence-electron chi connectivity index (χ0n) is 18.1. The molecule has 0 amide bonds. The minimum atomic E-state index is 0.807. The molecule has 4 rings (SSSR count). The van der Waals surface area contributed by atoms with Crippen molar-refractivity contribution in [1.82, 2.24) is 0 Å². The van der Waals surface area contributed by atoms with Crippen molar-refractivity contribution in [2.75, 3.05) is 0 Å². The zero-order chi connectivity index (χ0) is 20.3. The number of hydrogen-bond acceptors (Lipinski definition) is 0. The van der Waals surface area contributed by atoms with Gasteiger partial charge in [0.2, 0.25) is 0 Å². The van der Waals surface area contributed by atoms with Crippen molar-refractivity contribution in [2.24, 2.45) is 0 Å². The molecular weight excluding hydrogens is 336 g/mol. The van der Waals surface area contributed by atoms with Crippen LogP contribution in [-0.4, -0.2) is 0 Å². The van der Waals surface area contributed by atoms with E-state index < -0.39 is 0 Å². The predicted octanol–water partition coefficient (Wildman–Crippen LogP) is 8.32. The second-order valence-corrected chi connectivity index (χ2v) is 8.06. The fraction of sp³-hybridized carbons (Fsp3) is 0.357. The third kappa shape index (κ3) is 3.92. The first-order valence-corrected chi connectivity index (χ1v) is 10.8. The first kappa shape index (κ1) is 20.4. The van der Waals surface area contributed by atoms with Crippen LogP contribution in [0.3, 0.4) is 0 Å². The Labute approximate surface area is 171 Å². The van der Waals surface area contributed by atoms with Crippen molar-refractivity contribution in [1.29, 1.82) is 0 Å². The largest absolute Gasteiger partial charge is 0.106 e. The lowest BCUT2D eigenvalue weighted by Crippen LogP contribution is -1.98. The van der Waals surface area contributed by atoms with Crippen LogP contribution in [0, 0.1) is 13.8 Å². The maximum Gasteiger partial charge on any atom is -0.0145 e. The Morgan fingerprint density at radius 1 is 0.893 bits per heavy atom. The van der Waals surface area contributed by atoms with Gasteiger partial charge in [-0.3, -0.25) is 0 Å². The van der Waals surface area contributed by atoms with E-state index in [1.165, 1.54) is 57.9 Å². The summed E-state index contributed by atoms with van der Waals surface area (Å²) >= 11 is 0. The number of benzene rings is 3. The van der Waals surface area contributed by atoms with Crippen molar-refractivity contribution in [3.8, 4) is 11.1 Å². The van der Waals surface area contributed by atoms with Crippen LogP contribution in [0.5, 0.6) is 0 Å². The number of fused-ring (bicyclic) bond motifs is 1. The van der Waals surface area contributed by atoms with E-state index >= 15 is 0 Å². The minimum absolute atomic E-state index is 0.807. The lowest BCUT2D eigenvalue weighted by Gasteiger charge is -2.18. The van der Waals surface area contributed by atoms with Crippen LogP contribution < -0.4 is 0 Å². The normalized spacial score (nSPS) is 13.3. The van der Waals surface area contributed by atoms with Gasteiger partial charge in [0.25, 0.3) is 0 Å². The van der Waals surface area contributed by atoms with E-state index in [-0.39, 0.29) is 0 Å². The molecule has 3 aromatic carbocycles. The Morgan fingerprint density at radius 2 is 1.64 bits per heavy atom. The van der Waals surface area contributed by atoms with Gasteiger partial charge in [-0.15, -0.1) is 13.2 Å². The van der Waals surface area contributed by atoms with Crippen LogP contribution in [0.25, 0.3) is 21.9 Å². The number of hydrogen-bond donors (Lipinski definition) is 0. The summed E-state index contributed by atoms with van der Waals surface area (Å²) in [6.45, 7) is 15.1. The smallest absolute Gasteiger partial charge is 0.0145 e. The predicted molar refractivity (Wildman–Crippen MR) is 125 cm³/mol. The van der Waals surface area contributed by atoms with Crippen LogP contribution in [0.15, 0.2) is 55.6 Å². The lowest BCUT2D eigenvalue weighted by atomic mass is 9.87. The van der Waals surface area contributed by atoms with Crippen LogP contribution in [0.2, 0.25) is 0 Å². The second kappa shape index (κ2) is 8.78. The fourth-order valence-electron chi connectivity index (χ4n) is 4.54. The van der Waals surface area contributed by atoms with Crippen molar-refractivity contribution in [3.63, 3.8) is 0 Å². The van der Waals surface area contributed by atoms with Crippen molar-refractivity contribution in [3.05, 3.63) is 83.4 Å². The van der Waals surface area contributed by atoms with Gasteiger partial charge in [0.05, 0.1) is 0 Å². The summed E-state index contributed by atoms with van der Waals surface area (Å²) in [4.78, 5) is 0. The topological polar surface area (TPSA) is 0 Å². The average molecular weight is 371 g/mol. The monoisotopic (exact) mass is 370 g/mol. The standard InChI is InChI=1S/C26H30.C2H4/c1-5-7-25-23-12-8-17(3)14-20(23)11-13-24(25)21-15-18(4)22(6-2)26(16-21)19-9-10-19;1-2/h8,11-16,19H,5-7,9-10H2,1-4H3;1-2H2. The molecule has 0 aromatic heterocycles. The zero-order valence-corrected chi connectivity index (χ0v) is 18.1. The number of aryl methyl sites for hydroxylation is 3. The Bertz CT molecular complexity index is 973. The van der Waals surface area contributed by atoms with Crippen molar-refractivity contribution >= 4 is 10.8 Å². The van der Waals surface area contributed by atoms with Gasteiger partial charge in [0.15, 0.2) is 0 Å². The molecule has 0 heterocycles. The minimum Gasteiger partial charge on any atom is -0.106 e. The molecule has 0 saturated heterocycles. The van der Waals surface area contributed by atoms with E-state index in [2.05, 4.69) is 83.3 Å². The van der Waals surface area contributed by atoms with Crippen molar-refractivity contribution in [2.45, 2.75) is 65.7 Å². The highest BCUT2D eigenvalue weighted by molar-refractivity contribution is 5.92. The third-order valence-electron chi connectivity index (χ3n) is 5.98. The summed E-state index contributed by atoms with van der Waals surface area (Å²) in [6, 6.07) is 16.5. The summed E-state index contributed by atoms with van der Waals surface area (Å²) < 4.78 is 0. The highest BCUT2D eigenvalue weighted by Gasteiger charge is 2.27. The molecule has 1 aliphatic carbocycles. The molecule has 0 bridgehead atoms. The Hall–Kier alpha value is -2.34. The van der Waals surface area contributed by atoms with Crippen molar-refractivity contribution < 1.29 is 0 Å². The van der Waals surface area contributed by atoms with Gasteiger partial charge in [-0.1, -0.05) is 68.3 Å². The van der Waals surface area contributed by atoms with E-state index in [0.717, 1.165) is 18.8 Å². The first-order chi connectivity index (χ1) is 13.6. The Balaban J connectivity index is 0.00000109. The number of rotatable bonds is 5. The molecule has 1 aliphatic rings. The third-order valence-corrected chi connectivity index (χ3v) is 5.98. The summed E-state index contributed by atoms with van der Waals surface area (Å²) in [5.41, 5.74) is 10.4. The summed E-state index contributed by atoms with van der Waals surface area (Å²) in [6.07, 6.45) is 6.21.